The maximum Gasteiger partial charge on any atom is 0.410 e. The van der Waals surface area contributed by atoms with E-state index < -0.39 is 35.9 Å². The summed E-state index contributed by atoms with van der Waals surface area (Å²) in [6.07, 6.45) is 0.0913. The van der Waals surface area contributed by atoms with Crippen molar-refractivity contribution in [2.45, 2.75) is 51.7 Å². The van der Waals surface area contributed by atoms with Crippen LogP contribution >= 0.6 is 0 Å². The molecule has 0 aromatic heterocycles. The number of Topliss-reactive ketones (excluding diaryl/α,β-unsaturated/α-hetero) is 1. The van der Waals surface area contributed by atoms with Crippen LogP contribution in [0.5, 0.6) is 0 Å². The fourth-order valence-corrected chi connectivity index (χ4v) is 1.91. The first-order chi connectivity index (χ1) is 8.20. The van der Waals surface area contributed by atoms with Crippen LogP contribution in [0.15, 0.2) is 0 Å². The lowest BCUT2D eigenvalue weighted by Crippen LogP contribution is -2.43. The molecule has 0 aromatic rings. The maximum atomic E-state index is 11.9. The summed E-state index contributed by atoms with van der Waals surface area (Å²) >= 11 is 0. The molecular weight excluding hydrogens is 238 g/mol. The van der Waals surface area contributed by atoms with Crippen LogP contribution in [0.25, 0.3) is 0 Å². The number of carboxylic acid groups (broad SMARTS) is 1. The van der Waals surface area contributed by atoms with Crippen LogP contribution in [0.3, 0.4) is 0 Å². The van der Waals surface area contributed by atoms with Gasteiger partial charge in [-0.25, -0.2) is 4.79 Å². The number of ether oxygens (including phenoxy) is 1. The number of carboxylic acids is 1. The highest BCUT2D eigenvalue weighted by atomic mass is 16.6. The monoisotopic (exact) mass is 257 g/mol. The molecule has 1 heterocycles. The standard InChI is InChI=1S/C12H19NO5/c1-12(2,3)18-11(17)13-6-4-5-8(13)9(14)7-10(15)16/h8H,4-7H2,1-3H3,(H,15,16). The van der Waals surface area contributed by atoms with Gasteiger partial charge >= 0.3 is 12.1 Å². The third-order valence-corrected chi connectivity index (χ3v) is 2.58. The number of aliphatic carboxylic acids is 1. The van der Waals surface area contributed by atoms with Crippen molar-refractivity contribution >= 4 is 17.8 Å². The van der Waals surface area contributed by atoms with Crippen LogP contribution in [-0.4, -0.2) is 46.0 Å². The smallest absolute Gasteiger partial charge is 0.410 e. The van der Waals surface area contributed by atoms with Gasteiger partial charge < -0.3 is 9.84 Å². The molecule has 0 saturated carbocycles. The summed E-state index contributed by atoms with van der Waals surface area (Å²) in [5.74, 6) is -1.61. The third kappa shape index (κ3) is 4.01. The molecule has 0 aliphatic carbocycles. The summed E-state index contributed by atoms with van der Waals surface area (Å²) in [5, 5.41) is 8.60. The second kappa shape index (κ2) is 5.37. The van der Waals surface area contributed by atoms with E-state index in [0.717, 1.165) is 0 Å². The van der Waals surface area contributed by atoms with Gasteiger partial charge in [-0.15, -0.1) is 0 Å². The number of amides is 1. The van der Waals surface area contributed by atoms with Gasteiger partial charge in [0.25, 0.3) is 0 Å². The second-order valence-corrected chi connectivity index (χ2v) is 5.37. The van der Waals surface area contributed by atoms with Crippen LogP contribution in [0.4, 0.5) is 4.79 Å². The van der Waals surface area contributed by atoms with E-state index in [-0.39, 0.29) is 0 Å². The van der Waals surface area contributed by atoms with Crippen LogP contribution in [-0.2, 0) is 14.3 Å². The minimum absolute atomic E-state index is 0.435. The lowest BCUT2D eigenvalue weighted by Gasteiger charge is -2.27. The summed E-state index contributed by atoms with van der Waals surface area (Å²) in [7, 11) is 0. The van der Waals surface area contributed by atoms with Crippen molar-refractivity contribution < 1.29 is 24.2 Å². The van der Waals surface area contributed by atoms with Gasteiger partial charge in [0.2, 0.25) is 0 Å². The first-order valence-corrected chi connectivity index (χ1v) is 5.95. The van der Waals surface area contributed by atoms with Crippen molar-refractivity contribution in [1.29, 1.82) is 0 Å². The molecule has 0 spiro atoms. The van der Waals surface area contributed by atoms with Crippen molar-refractivity contribution in [3.8, 4) is 0 Å². The number of carbonyl (C=O) groups is 3. The van der Waals surface area contributed by atoms with E-state index in [1.807, 2.05) is 0 Å². The van der Waals surface area contributed by atoms with E-state index in [9.17, 15) is 14.4 Å². The number of likely N-dealkylation sites (tertiary alicyclic amines) is 1. The summed E-state index contributed by atoms with van der Waals surface area (Å²) in [6.45, 7) is 5.67. The number of ketones is 1. The van der Waals surface area contributed by atoms with E-state index in [1.165, 1.54) is 4.90 Å². The van der Waals surface area contributed by atoms with E-state index >= 15 is 0 Å². The Kier molecular flexibility index (Phi) is 4.32. The molecule has 1 fully saturated rings. The molecule has 1 rings (SSSR count). The lowest BCUT2D eigenvalue weighted by molar-refractivity contribution is -0.141. The van der Waals surface area contributed by atoms with Crippen molar-refractivity contribution in [2.75, 3.05) is 6.54 Å². The molecule has 0 radical (unpaired) electrons. The third-order valence-electron chi connectivity index (χ3n) is 2.58. The van der Waals surface area contributed by atoms with Gasteiger partial charge in [-0.2, -0.15) is 0 Å². The first kappa shape index (κ1) is 14.5. The van der Waals surface area contributed by atoms with E-state index in [0.29, 0.717) is 19.4 Å². The second-order valence-electron chi connectivity index (χ2n) is 5.37. The van der Waals surface area contributed by atoms with Gasteiger partial charge in [0.05, 0.1) is 6.04 Å². The van der Waals surface area contributed by atoms with Gasteiger partial charge in [0.1, 0.15) is 12.0 Å². The summed E-state index contributed by atoms with van der Waals surface area (Å²) in [4.78, 5) is 35.4. The highest BCUT2D eigenvalue weighted by Gasteiger charge is 2.36. The largest absolute Gasteiger partial charge is 0.481 e. The van der Waals surface area contributed by atoms with E-state index in [4.69, 9.17) is 9.84 Å². The normalized spacial score (nSPS) is 19.7. The zero-order chi connectivity index (χ0) is 13.9. The number of nitrogens with zero attached hydrogens (tertiary/aromatic N) is 1. The van der Waals surface area contributed by atoms with Crippen molar-refractivity contribution in [2.24, 2.45) is 0 Å². The minimum Gasteiger partial charge on any atom is -0.481 e. The Morgan fingerprint density at radius 3 is 2.44 bits per heavy atom. The van der Waals surface area contributed by atoms with Gasteiger partial charge in [-0.3, -0.25) is 14.5 Å². The molecular formula is C12H19NO5. The molecule has 6 heteroatoms. The van der Waals surface area contributed by atoms with Gasteiger partial charge in [-0.05, 0) is 33.6 Å². The van der Waals surface area contributed by atoms with Crippen LogP contribution in [0.1, 0.15) is 40.0 Å². The molecule has 18 heavy (non-hydrogen) atoms. The molecule has 0 aromatic carbocycles. The fourth-order valence-electron chi connectivity index (χ4n) is 1.91. The van der Waals surface area contributed by atoms with Crippen LogP contribution in [0, 0.1) is 0 Å². The number of hydrogen-bond acceptors (Lipinski definition) is 4. The first-order valence-electron chi connectivity index (χ1n) is 5.95. The average molecular weight is 257 g/mol. The Bertz CT molecular complexity index is 358. The average Bonchev–Trinajstić information content (AvgIpc) is 2.61. The van der Waals surface area contributed by atoms with Crippen molar-refractivity contribution in [3.63, 3.8) is 0 Å². The molecule has 1 unspecified atom stereocenters. The number of carbonyl (C=O) groups excluding carboxylic acids is 2. The Morgan fingerprint density at radius 1 is 1.33 bits per heavy atom. The molecule has 1 aliphatic heterocycles. The SMILES string of the molecule is CC(C)(C)OC(=O)N1CCCC1C(=O)CC(=O)O. The maximum absolute atomic E-state index is 11.9. The van der Waals surface area contributed by atoms with Gasteiger partial charge in [0.15, 0.2) is 5.78 Å². The van der Waals surface area contributed by atoms with Gasteiger partial charge in [0, 0.05) is 6.54 Å². The summed E-state index contributed by atoms with van der Waals surface area (Å²) in [5.41, 5.74) is -0.625. The zero-order valence-corrected chi connectivity index (χ0v) is 10.9. The molecule has 1 amide bonds. The molecule has 6 nitrogen and oxygen atoms in total. The topological polar surface area (TPSA) is 83.9 Å². The van der Waals surface area contributed by atoms with Crippen molar-refractivity contribution in [3.05, 3.63) is 0 Å². The Hall–Kier alpha value is -1.59. The molecule has 1 atom stereocenters. The van der Waals surface area contributed by atoms with E-state index in [2.05, 4.69) is 0 Å². The highest BCUT2D eigenvalue weighted by molar-refractivity contribution is 5.99. The molecule has 1 saturated heterocycles. The lowest BCUT2D eigenvalue weighted by atomic mass is 10.1. The number of rotatable bonds is 3. The Labute approximate surface area is 106 Å². The van der Waals surface area contributed by atoms with Crippen LogP contribution < -0.4 is 0 Å². The molecule has 1 N–H and O–H groups in total. The van der Waals surface area contributed by atoms with Crippen LogP contribution in [0.2, 0.25) is 0 Å². The highest BCUT2D eigenvalue weighted by Crippen LogP contribution is 2.22. The Balaban J connectivity index is 2.67. The predicted octanol–water partition coefficient (Wildman–Crippen LogP) is 1.43. The minimum atomic E-state index is -1.17. The van der Waals surface area contributed by atoms with Crippen molar-refractivity contribution in [1.82, 2.24) is 4.90 Å². The van der Waals surface area contributed by atoms with Gasteiger partial charge in [-0.1, -0.05) is 0 Å². The molecule has 102 valence electrons. The quantitative estimate of drug-likeness (QED) is 0.773. The molecule has 0 bridgehead atoms. The Morgan fingerprint density at radius 2 is 1.94 bits per heavy atom. The molecule has 1 aliphatic rings. The zero-order valence-electron chi connectivity index (χ0n) is 10.9. The van der Waals surface area contributed by atoms with E-state index in [1.54, 1.807) is 20.8 Å². The fraction of sp³-hybridized carbons (Fsp3) is 0.750. The summed E-state index contributed by atoms with van der Waals surface area (Å²) < 4.78 is 5.19. The predicted molar refractivity (Wildman–Crippen MR) is 63.2 cm³/mol. The number of hydrogen-bond donors (Lipinski definition) is 1. The summed E-state index contributed by atoms with van der Waals surface area (Å²) in [6, 6.07) is -0.657.